The molecule has 0 bridgehead atoms. The van der Waals surface area contributed by atoms with Gasteiger partial charge in [0.15, 0.2) is 12.6 Å². The first kappa shape index (κ1) is 15.5. The van der Waals surface area contributed by atoms with Crippen LogP contribution in [0.4, 0.5) is 0 Å². The summed E-state index contributed by atoms with van der Waals surface area (Å²) in [6.07, 6.45) is 2.33. The van der Waals surface area contributed by atoms with Crippen LogP contribution in [0.15, 0.2) is 49.2 Å². The van der Waals surface area contributed by atoms with E-state index in [2.05, 4.69) is 11.7 Å². The van der Waals surface area contributed by atoms with Crippen molar-refractivity contribution in [2.45, 2.75) is 31.3 Å². The van der Waals surface area contributed by atoms with Crippen LogP contribution in [0.3, 0.4) is 0 Å². The van der Waals surface area contributed by atoms with Gasteiger partial charge in [0.25, 0.3) is 0 Å². The fourth-order valence-electron chi connectivity index (χ4n) is 3.16. The summed E-state index contributed by atoms with van der Waals surface area (Å²) in [5.41, 5.74) is 2.73. The lowest BCUT2D eigenvalue weighted by Crippen LogP contribution is -2.41. The quantitative estimate of drug-likeness (QED) is 0.808. The third-order valence-corrected chi connectivity index (χ3v) is 4.26. The molecular formula is C18H20N2O4. The molecule has 24 heavy (non-hydrogen) atoms. The summed E-state index contributed by atoms with van der Waals surface area (Å²) >= 11 is 0. The Morgan fingerprint density at radius 2 is 2.17 bits per heavy atom. The number of hydrogen-bond acceptors (Lipinski definition) is 5. The van der Waals surface area contributed by atoms with Crippen LogP contribution in [0.2, 0.25) is 0 Å². The topological polar surface area (TPSA) is 54.7 Å². The molecule has 0 unspecified atom stereocenters. The number of benzene rings is 1. The minimum Gasteiger partial charge on any atom is -0.352 e. The Kier molecular flexibility index (Phi) is 4.20. The van der Waals surface area contributed by atoms with E-state index in [9.17, 15) is 0 Å². The van der Waals surface area contributed by atoms with Crippen molar-refractivity contribution in [2.24, 2.45) is 0 Å². The van der Waals surface area contributed by atoms with Crippen molar-refractivity contribution >= 4 is 0 Å². The lowest BCUT2D eigenvalue weighted by Gasteiger charge is -2.40. The molecule has 126 valence electrons. The maximum Gasteiger partial charge on any atom is 0.187 e. The molecule has 4 rings (SSSR count). The highest BCUT2D eigenvalue weighted by molar-refractivity contribution is 5.26. The van der Waals surface area contributed by atoms with Gasteiger partial charge in [0, 0.05) is 18.9 Å². The number of aromatic nitrogens is 2. The van der Waals surface area contributed by atoms with Gasteiger partial charge in [-0.25, -0.2) is 0 Å². The van der Waals surface area contributed by atoms with E-state index in [1.54, 1.807) is 13.2 Å². The zero-order valence-corrected chi connectivity index (χ0v) is 13.5. The maximum absolute atomic E-state index is 6.18. The first-order chi connectivity index (χ1) is 11.8. The Balaban J connectivity index is 1.65. The summed E-state index contributed by atoms with van der Waals surface area (Å²) in [6, 6.07) is 9.89. The van der Waals surface area contributed by atoms with Crippen molar-refractivity contribution in [2.75, 3.05) is 13.7 Å². The minimum atomic E-state index is -0.458. The highest BCUT2D eigenvalue weighted by Crippen LogP contribution is 2.43. The highest BCUT2D eigenvalue weighted by Gasteiger charge is 2.44. The van der Waals surface area contributed by atoms with E-state index in [0.717, 1.165) is 16.8 Å². The summed E-state index contributed by atoms with van der Waals surface area (Å²) in [4.78, 5) is 0. The van der Waals surface area contributed by atoms with Gasteiger partial charge in [0.1, 0.15) is 17.9 Å². The zero-order valence-electron chi connectivity index (χ0n) is 13.5. The number of allylic oxidation sites excluding steroid dienone is 1. The second-order valence-corrected chi connectivity index (χ2v) is 5.86. The molecule has 0 aliphatic carbocycles. The largest absolute Gasteiger partial charge is 0.352 e. The number of ether oxygens (including phenoxy) is 4. The fourth-order valence-corrected chi connectivity index (χ4v) is 3.16. The smallest absolute Gasteiger partial charge is 0.187 e. The van der Waals surface area contributed by atoms with Gasteiger partial charge in [-0.2, -0.15) is 5.10 Å². The van der Waals surface area contributed by atoms with Gasteiger partial charge in [-0.15, -0.1) is 6.58 Å². The van der Waals surface area contributed by atoms with Crippen molar-refractivity contribution in [1.82, 2.24) is 9.78 Å². The van der Waals surface area contributed by atoms with E-state index in [1.165, 1.54) is 0 Å². The predicted molar refractivity (Wildman–Crippen MR) is 86.0 cm³/mol. The SMILES string of the molecule is C=CCn1cc2c(n1)[C@@H]1O[C@H](c3ccccc3)OC[C@H]1O[C@@H]2OC. The summed E-state index contributed by atoms with van der Waals surface area (Å²) in [7, 11) is 1.62. The van der Waals surface area contributed by atoms with Crippen LogP contribution in [0, 0.1) is 0 Å². The summed E-state index contributed by atoms with van der Waals surface area (Å²) in [6.45, 7) is 4.81. The van der Waals surface area contributed by atoms with Crippen LogP contribution in [0.5, 0.6) is 0 Å². The van der Waals surface area contributed by atoms with Crippen LogP contribution >= 0.6 is 0 Å². The lowest BCUT2D eigenvalue weighted by molar-refractivity contribution is -0.307. The minimum absolute atomic E-state index is 0.241. The Hall–Kier alpha value is -1.99. The van der Waals surface area contributed by atoms with E-state index < -0.39 is 12.6 Å². The average molecular weight is 328 g/mol. The van der Waals surface area contributed by atoms with E-state index >= 15 is 0 Å². The van der Waals surface area contributed by atoms with Gasteiger partial charge in [0.05, 0.1) is 18.7 Å². The molecule has 2 aliphatic heterocycles. The van der Waals surface area contributed by atoms with E-state index in [0.29, 0.717) is 13.2 Å². The maximum atomic E-state index is 6.18. The summed E-state index contributed by atoms with van der Waals surface area (Å²) in [5, 5.41) is 4.66. The molecule has 0 radical (unpaired) electrons. The Morgan fingerprint density at radius 3 is 2.92 bits per heavy atom. The summed E-state index contributed by atoms with van der Waals surface area (Å²) < 4.78 is 25.3. The van der Waals surface area contributed by atoms with Gasteiger partial charge in [-0.3, -0.25) is 4.68 Å². The van der Waals surface area contributed by atoms with Gasteiger partial charge < -0.3 is 18.9 Å². The highest BCUT2D eigenvalue weighted by atomic mass is 16.7. The van der Waals surface area contributed by atoms with Gasteiger partial charge >= 0.3 is 0 Å². The number of fused-ring (bicyclic) bond motifs is 3. The van der Waals surface area contributed by atoms with Crippen molar-refractivity contribution < 1.29 is 18.9 Å². The molecule has 6 heteroatoms. The molecule has 2 aliphatic rings. The first-order valence-corrected chi connectivity index (χ1v) is 7.98. The molecule has 0 amide bonds. The molecule has 1 saturated heterocycles. The number of methoxy groups -OCH3 is 1. The average Bonchev–Trinajstić information content (AvgIpc) is 3.06. The van der Waals surface area contributed by atoms with E-state index in [4.69, 9.17) is 18.9 Å². The van der Waals surface area contributed by atoms with E-state index in [1.807, 2.05) is 41.2 Å². The van der Waals surface area contributed by atoms with Gasteiger partial charge in [-0.1, -0.05) is 36.4 Å². The van der Waals surface area contributed by atoms with Crippen molar-refractivity contribution in [3.05, 3.63) is 66.0 Å². The number of rotatable bonds is 4. The molecule has 3 heterocycles. The molecule has 6 nitrogen and oxygen atoms in total. The van der Waals surface area contributed by atoms with Crippen molar-refractivity contribution in [1.29, 1.82) is 0 Å². The zero-order chi connectivity index (χ0) is 16.5. The van der Waals surface area contributed by atoms with Crippen molar-refractivity contribution in [3.63, 3.8) is 0 Å². The predicted octanol–water partition coefficient (Wildman–Crippen LogP) is 2.90. The van der Waals surface area contributed by atoms with Crippen LogP contribution in [-0.4, -0.2) is 29.6 Å². The molecule has 1 aromatic carbocycles. The molecule has 2 aromatic rings. The van der Waals surface area contributed by atoms with Gasteiger partial charge in [0.2, 0.25) is 0 Å². The van der Waals surface area contributed by atoms with Crippen LogP contribution in [-0.2, 0) is 25.5 Å². The van der Waals surface area contributed by atoms with Gasteiger partial charge in [-0.05, 0) is 0 Å². The molecule has 0 saturated carbocycles. The summed E-state index contributed by atoms with van der Waals surface area (Å²) in [5.74, 6) is 0. The fraction of sp³-hybridized carbons (Fsp3) is 0.389. The number of hydrogen-bond donors (Lipinski definition) is 0. The molecule has 4 atom stereocenters. The Morgan fingerprint density at radius 1 is 1.33 bits per heavy atom. The molecule has 1 aromatic heterocycles. The molecule has 1 fully saturated rings. The standard InChI is InChI=1S/C18H20N2O4/c1-3-9-20-10-13-15(19-20)16-14(23-18(13)21-2)11-22-17(24-16)12-7-5-4-6-8-12/h3-8,10,14,16-18H,1,9,11H2,2H3/t14-,16-,17-,18+/m1/s1. The second kappa shape index (κ2) is 6.49. The monoisotopic (exact) mass is 328 g/mol. The Labute approximate surface area is 140 Å². The van der Waals surface area contributed by atoms with Crippen molar-refractivity contribution in [3.8, 4) is 0 Å². The third kappa shape index (κ3) is 2.67. The molecule has 0 spiro atoms. The van der Waals surface area contributed by atoms with Crippen LogP contribution in [0.25, 0.3) is 0 Å². The van der Waals surface area contributed by atoms with E-state index in [-0.39, 0.29) is 12.2 Å². The Bertz CT molecular complexity index is 715. The molecule has 0 N–H and O–H groups in total. The van der Waals surface area contributed by atoms with Crippen LogP contribution in [0.1, 0.15) is 35.5 Å². The third-order valence-electron chi connectivity index (χ3n) is 4.26. The first-order valence-electron chi connectivity index (χ1n) is 7.98. The second-order valence-electron chi connectivity index (χ2n) is 5.86. The van der Waals surface area contributed by atoms with Crippen LogP contribution < -0.4 is 0 Å². The molecular weight excluding hydrogens is 308 g/mol. The normalized spacial score (nSPS) is 28.9. The lowest BCUT2D eigenvalue weighted by atomic mass is 10.0. The number of nitrogens with zero attached hydrogens (tertiary/aromatic N) is 2.